The molecule has 0 unspecified atom stereocenters. The smallest absolute Gasteiger partial charge is 0.228 e. The van der Waals surface area contributed by atoms with Crippen LogP contribution in [0.15, 0.2) is 42.5 Å². The molecule has 8 heteroatoms. The number of carbonyl (C=O) groups excluding carboxylic acids is 1. The summed E-state index contributed by atoms with van der Waals surface area (Å²) < 4.78 is 15.6. The molecule has 6 nitrogen and oxygen atoms in total. The third-order valence-corrected chi connectivity index (χ3v) is 4.54. The third kappa shape index (κ3) is 3.43. The number of halogens is 2. The van der Waals surface area contributed by atoms with Gasteiger partial charge >= 0.3 is 0 Å². The summed E-state index contributed by atoms with van der Waals surface area (Å²) in [5.41, 5.74) is 1.58. The molecule has 1 aromatic heterocycles. The number of carbonyl (C=O) groups is 1. The third-order valence-electron chi connectivity index (χ3n) is 4.19. The van der Waals surface area contributed by atoms with Gasteiger partial charge < -0.3 is 5.32 Å². The summed E-state index contributed by atoms with van der Waals surface area (Å²) in [4.78, 5) is 12.3. The SMILES string of the molecule is O=C(Cc1c(F)cccc1Cl)Nc1cccc(-c2nnnn2C2CC2)c1. The molecule has 1 fully saturated rings. The Labute approximate surface area is 154 Å². The number of nitrogens with one attached hydrogen (secondary N) is 1. The highest BCUT2D eigenvalue weighted by molar-refractivity contribution is 6.31. The van der Waals surface area contributed by atoms with Crippen LogP contribution in [0.4, 0.5) is 10.1 Å². The van der Waals surface area contributed by atoms with Crippen LogP contribution in [0.5, 0.6) is 0 Å². The Hall–Kier alpha value is -2.80. The Morgan fingerprint density at radius 3 is 2.85 bits per heavy atom. The van der Waals surface area contributed by atoms with Crippen LogP contribution in [0.3, 0.4) is 0 Å². The summed E-state index contributed by atoms with van der Waals surface area (Å²) in [5.74, 6) is -0.179. The highest BCUT2D eigenvalue weighted by atomic mass is 35.5. The molecule has 1 aliphatic rings. The highest BCUT2D eigenvalue weighted by Gasteiger charge is 2.28. The van der Waals surface area contributed by atoms with E-state index in [1.54, 1.807) is 22.9 Å². The molecule has 1 heterocycles. The van der Waals surface area contributed by atoms with E-state index in [2.05, 4.69) is 20.8 Å². The zero-order valence-corrected chi connectivity index (χ0v) is 14.4. The van der Waals surface area contributed by atoms with Crippen molar-refractivity contribution in [2.24, 2.45) is 0 Å². The Balaban J connectivity index is 1.52. The average Bonchev–Trinajstić information content (AvgIpc) is 3.35. The summed E-state index contributed by atoms with van der Waals surface area (Å²) >= 11 is 5.98. The minimum atomic E-state index is -0.495. The van der Waals surface area contributed by atoms with Crippen molar-refractivity contribution in [1.29, 1.82) is 0 Å². The Bertz CT molecular complexity index is 949. The first-order valence-electron chi connectivity index (χ1n) is 8.23. The number of hydrogen-bond acceptors (Lipinski definition) is 4. The lowest BCUT2D eigenvalue weighted by atomic mass is 10.1. The molecule has 0 spiro atoms. The van der Waals surface area contributed by atoms with Gasteiger partial charge in [0.1, 0.15) is 5.82 Å². The van der Waals surface area contributed by atoms with Crippen molar-refractivity contribution in [2.75, 3.05) is 5.32 Å². The molecule has 3 aromatic rings. The van der Waals surface area contributed by atoms with Crippen LogP contribution in [0.2, 0.25) is 5.02 Å². The van der Waals surface area contributed by atoms with E-state index in [-0.39, 0.29) is 22.9 Å². The zero-order valence-electron chi connectivity index (χ0n) is 13.7. The first-order valence-corrected chi connectivity index (χ1v) is 8.60. The van der Waals surface area contributed by atoms with Gasteiger partial charge in [-0.3, -0.25) is 4.79 Å². The highest BCUT2D eigenvalue weighted by Crippen LogP contribution is 2.36. The van der Waals surface area contributed by atoms with E-state index in [1.807, 2.05) is 12.1 Å². The van der Waals surface area contributed by atoms with Crippen molar-refractivity contribution in [3.05, 3.63) is 58.9 Å². The van der Waals surface area contributed by atoms with Crippen LogP contribution in [-0.4, -0.2) is 26.1 Å². The van der Waals surface area contributed by atoms with Crippen molar-refractivity contribution < 1.29 is 9.18 Å². The average molecular weight is 372 g/mol. The number of anilines is 1. The molecule has 4 rings (SSSR count). The minimum absolute atomic E-state index is 0.143. The van der Waals surface area contributed by atoms with Crippen molar-refractivity contribution in [3.63, 3.8) is 0 Å². The van der Waals surface area contributed by atoms with Gasteiger partial charge in [-0.1, -0.05) is 29.8 Å². The minimum Gasteiger partial charge on any atom is -0.326 e. The molecule has 1 N–H and O–H groups in total. The lowest BCUT2D eigenvalue weighted by molar-refractivity contribution is -0.115. The molecule has 0 radical (unpaired) electrons. The molecule has 0 bridgehead atoms. The van der Waals surface area contributed by atoms with E-state index in [0.29, 0.717) is 17.6 Å². The molecular formula is C18H15ClFN5O. The van der Waals surface area contributed by atoms with E-state index >= 15 is 0 Å². The Morgan fingerprint density at radius 2 is 2.08 bits per heavy atom. The first-order chi connectivity index (χ1) is 12.6. The van der Waals surface area contributed by atoms with Crippen LogP contribution in [0, 0.1) is 5.82 Å². The second kappa shape index (κ2) is 6.84. The second-order valence-electron chi connectivity index (χ2n) is 6.18. The molecular weight excluding hydrogens is 357 g/mol. The lowest BCUT2D eigenvalue weighted by Crippen LogP contribution is -2.15. The quantitative estimate of drug-likeness (QED) is 0.743. The molecule has 0 aliphatic heterocycles. The fourth-order valence-electron chi connectivity index (χ4n) is 2.75. The van der Waals surface area contributed by atoms with Gasteiger partial charge in [-0.25, -0.2) is 9.07 Å². The van der Waals surface area contributed by atoms with Crippen LogP contribution in [-0.2, 0) is 11.2 Å². The predicted octanol–water partition coefficient (Wildman–Crippen LogP) is 3.65. The number of nitrogens with zero attached hydrogens (tertiary/aromatic N) is 4. The van der Waals surface area contributed by atoms with E-state index in [0.717, 1.165) is 18.4 Å². The normalized spacial score (nSPS) is 13.6. The summed E-state index contributed by atoms with van der Waals surface area (Å²) in [5, 5.41) is 14.9. The maximum absolute atomic E-state index is 13.8. The lowest BCUT2D eigenvalue weighted by Gasteiger charge is -2.09. The maximum Gasteiger partial charge on any atom is 0.228 e. The number of benzene rings is 2. The van der Waals surface area contributed by atoms with Crippen LogP contribution in [0.25, 0.3) is 11.4 Å². The zero-order chi connectivity index (χ0) is 18.1. The van der Waals surface area contributed by atoms with Crippen LogP contribution in [0.1, 0.15) is 24.4 Å². The standard InChI is InChI=1S/C18H15ClFN5O/c19-15-5-2-6-16(20)14(15)10-17(26)21-12-4-1-3-11(9-12)18-22-23-24-25(18)13-7-8-13/h1-6,9,13H,7-8,10H2,(H,21,26). The Kier molecular flexibility index (Phi) is 4.38. The van der Waals surface area contributed by atoms with Gasteiger partial charge in [-0.15, -0.1) is 5.10 Å². The molecule has 26 heavy (non-hydrogen) atoms. The second-order valence-corrected chi connectivity index (χ2v) is 6.59. The number of amides is 1. The van der Waals surface area contributed by atoms with Gasteiger partial charge in [0.15, 0.2) is 5.82 Å². The summed E-state index contributed by atoms with van der Waals surface area (Å²) in [6, 6.07) is 12.0. The molecule has 1 amide bonds. The molecule has 132 valence electrons. The van der Waals surface area contributed by atoms with E-state index in [1.165, 1.54) is 12.1 Å². The molecule has 1 aliphatic carbocycles. The number of hydrogen-bond donors (Lipinski definition) is 1. The fourth-order valence-corrected chi connectivity index (χ4v) is 2.98. The predicted molar refractivity (Wildman–Crippen MR) is 95.3 cm³/mol. The van der Waals surface area contributed by atoms with Gasteiger partial charge in [-0.2, -0.15) is 0 Å². The summed E-state index contributed by atoms with van der Waals surface area (Å²) in [7, 11) is 0. The summed E-state index contributed by atoms with van der Waals surface area (Å²) in [6.07, 6.45) is 1.99. The van der Waals surface area contributed by atoms with Gasteiger partial charge in [0.25, 0.3) is 0 Å². The largest absolute Gasteiger partial charge is 0.326 e. The molecule has 2 aromatic carbocycles. The van der Waals surface area contributed by atoms with Crippen LogP contribution >= 0.6 is 11.6 Å². The van der Waals surface area contributed by atoms with Crippen molar-refractivity contribution in [3.8, 4) is 11.4 Å². The monoisotopic (exact) mass is 371 g/mol. The topological polar surface area (TPSA) is 72.7 Å². The number of tetrazole rings is 1. The Morgan fingerprint density at radius 1 is 1.27 bits per heavy atom. The van der Waals surface area contributed by atoms with Gasteiger partial charge in [0.05, 0.1) is 12.5 Å². The van der Waals surface area contributed by atoms with E-state index in [4.69, 9.17) is 11.6 Å². The maximum atomic E-state index is 13.8. The van der Waals surface area contributed by atoms with Gasteiger partial charge in [0.2, 0.25) is 5.91 Å². The van der Waals surface area contributed by atoms with Crippen molar-refractivity contribution in [2.45, 2.75) is 25.3 Å². The van der Waals surface area contributed by atoms with Crippen molar-refractivity contribution >= 4 is 23.2 Å². The van der Waals surface area contributed by atoms with Gasteiger partial charge in [0, 0.05) is 21.8 Å². The first kappa shape index (κ1) is 16.7. The van der Waals surface area contributed by atoms with Gasteiger partial charge in [-0.05, 0) is 47.5 Å². The van der Waals surface area contributed by atoms with Crippen molar-refractivity contribution in [1.82, 2.24) is 20.2 Å². The number of aromatic nitrogens is 4. The summed E-state index contributed by atoms with van der Waals surface area (Å²) in [6.45, 7) is 0. The van der Waals surface area contributed by atoms with E-state index in [9.17, 15) is 9.18 Å². The molecule has 1 saturated carbocycles. The fraction of sp³-hybridized carbons (Fsp3) is 0.222. The molecule has 0 saturated heterocycles. The van der Waals surface area contributed by atoms with Crippen LogP contribution < -0.4 is 5.32 Å². The van der Waals surface area contributed by atoms with E-state index < -0.39 is 5.82 Å². The number of rotatable bonds is 5. The molecule has 0 atom stereocenters.